The smallest absolute Gasteiger partial charge is 0.0606 e. The van der Waals surface area contributed by atoms with Crippen molar-refractivity contribution in [1.29, 1.82) is 0 Å². The first kappa shape index (κ1) is 12.0. The van der Waals surface area contributed by atoms with Crippen molar-refractivity contribution in [2.45, 2.75) is 13.3 Å². The van der Waals surface area contributed by atoms with Gasteiger partial charge in [0.2, 0.25) is 0 Å². The van der Waals surface area contributed by atoms with Gasteiger partial charge in [0.25, 0.3) is 0 Å². The van der Waals surface area contributed by atoms with E-state index < -0.39 is 0 Å². The molecule has 0 atom stereocenters. The van der Waals surface area contributed by atoms with Gasteiger partial charge in [0.05, 0.1) is 13.2 Å². The third-order valence-electron chi connectivity index (χ3n) is 2.42. The van der Waals surface area contributed by atoms with Gasteiger partial charge >= 0.3 is 0 Å². The van der Waals surface area contributed by atoms with Crippen molar-refractivity contribution in [1.82, 2.24) is 0 Å². The highest BCUT2D eigenvalue weighted by Gasteiger charge is 2.04. The Morgan fingerprint density at radius 1 is 1.13 bits per heavy atom. The van der Waals surface area contributed by atoms with Crippen LogP contribution in [0.2, 0.25) is 0 Å². The van der Waals surface area contributed by atoms with Crippen molar-refractivity contribution in [3.05, 3.63) is 29.8 Å². The lowest BCUT2D eigenvalue weighted by molar-refractivity contribution is 0.281. The summed E-state index contributed by atoms with van der Waals surface area (Å²) in [6.45, 7) is 3.45. The molecule has 1 aromatic rings. The van der Waals surface area contributed by atoms with Crippen LogP contribution >= 0.6 is 0 Å². The van der Waals surface area contributed by atoms with Crippen LogP contribution in [0, 0.1) is 0 Å². The maximum absolute atomic E-state index is 8.93. The number of benzene rings is 1. The van der Waals surface area contributed by atoms with Crippen molar-refractivity contribution in [2.24, 2.45) is 0 Å². The summed E-state index contributed by atoms with van der Waals surface area (Å²) in [6.07, 6.45) is 1.000. The molecular formula is C12H19NO2. The van der Waals surface area contributed by atoms with Gasteiger partial charge in [0, 0.05) is 18.8 Å². The van der Waals surface area contributed by atoms with Gasteiger partial charge < -0.3 is 15.1 Å². The van der Waals surface area contributed by atoms with Crippen LogP contribution in [0.3, 0.4) is 0 Å². The van der Waals surface area contributed by atoms with Gasteiger partial charge in [-0.15, -0.1) is 0 Å². The molecule has 0 saturated carbocycles. The quantitative estimate of drug-likeness (QED) is 0.735. The van der Waals surface area contributed by atoms with Gasteiger partial charge in [-0.25, -0.2) is 0 Å². The third kappa shape index (κ3) is 3.53. The number of hydrogen-bond acceptors (Lipinski definition) is 3. The number of nitrogens with zero attached hydrogens (tertiary/aromatic N) is 1. The lowest BCUT2D eigenvalue weighted by atomic mass is 10.1. The molecular weight excluding hydrogens is 190 g/mol. The van der Waals surface area contributed by atoms with E-state index in [2.05, 4.69) is 19.1 Å². The molecule has 0 fully saturated rings. The summed E-state index contributed by atoms with van der Waals surface area (Å²) in [5.41, 5.74) is 2.34. The molecule has 0 bridgehead atoms. The Morgan fingerprint density at radius 2 is 1.80 bits per heavy atom. The predicted octanol–water partition coefficient (Wildman–Crippen LogP) is 1.04. The summed E-state index contributed by atoms with van der Waals surface area (Å²) < 4.78 is 0. The average molecular weight is 209 g/mol. The van der Waals surface area contributed by atoms with Crippen LogP contribution in [0.1, 0.15) is 12.5 Å². The second-order valence-corrected chi connectivity index (χ2v) is 3.46. The molecule has 1 aromatic carbocycles. The van der Waals surface area contributed by atoms with E-state index in [9.17, 15) is 0 Å². The molecule has 0 aliphatic rings. The van der Waals surface area contributed by atoms with Gasteiger partial charge in [-0.2, -0.15) is 0 Å². The summed E-state index contributed by atoms with van der Waals surface area (Å²) in [5, 5.41) is 17.9. The number of aliphatic hydroxyl groups excluding tert-OH is 2. The van der Waals surface area contributed by atoms with E-state index in [0.29, 0.717) is 13.1 Å². The average Bonchev–Trinajstić information content (AvgIpc) is 2.29. The van der Waals surface area contributed by atoms with Crippen molar-refractivity contribution in [3.63, 3.8) is 0 Å². The molecule has 0 aliphatic heterocycles. The molecule has 0 amide bonds. The SMILES string of the molecule is CCc1cccc(N(CCO)CCO)c1. The zero-order valence-corrected chi connectivity index (χ0v) is 9.19. The second-order valence-electron chi connectivity index (χ2n) is 3.46. The third-order valence-corrected chi connectivity index (χ3v) is 2.42. The van der Waals surface area contributed by atoms with E-state index in [0.717, 1.165) is 12.1 Å². The van der Waals surface area contributed by atoms with E-state index in [4.69, 9.17) is 10.2 Å². The molecule has 0 saturated heterocycles. The zero-order valence-electron chi connectivity index (χ0n) is 9.19. The van der Waals surface area contributed by atoms with E-state index >= 15 is 0 Å². The second kappa shape index (κ2) is 6.43. The van der Waals surface area contributed by atoms with Gasteiger partial charge in [0.15, 0.2) is 0 Å². The summed E-state index contributed by atoms with van der Waals surface area (Å²) >= 11 is 0. The minimum Gasteiger partial charge on any atom is -0.395 e. The molecule has 84 valence electrons. The lowest BCUT2D eigenvalue weighted by Gasteiger charge is -2.23. The highest BCUT2D eigenvalue weighted by atomic mass is 16.3. The Morgan fingerprint density at radius 3 is 2.33 bits per heavy atom. The monoisotopic (exact) mass is 209 g/mol. The van der Waals surface area contributed by atoms with Crippen LogP contribution in [0.25, 0.3) is 0 Å². The van der Waals surface area contributed by atoms with Crippen LogP contribution in [0.4, 0.5) is 5.69 Å². The van der Waals surface area contributed by atoms with Crippen molar-refractivity contribution in [2.75, 3.05) is 31.2 Å². The molecule has 1 rings (SSSR count). The number of aliphatic hydroxyl groups is 2. The van der Waals surface area contributed by atoms with Crippen molar-refractivity contribution < 1.29 is 10.2 Å². The largest absolute Gasteiger partial charge is 0.395 e. The first-order chi connectivity index (χ1) is 7.31. The van der Waals surface area contributed by atoms with E-state index in [1.165, 1.54) is 5.56 Å². The first-order valence-corrected chi connectivity index (χ1v) is 5.37. The van der Waals surface area contributed by atoms with Gasteiger partial charge in [0.1, 0.15) is 0 Å². The lowest BCUT2D eigenvalue weighted by Crippen LogP contribution is -2.29. The maximum Gasteiger partial charge on any atom is 0.0606 e. The summed E-state index contributed by atoms with van der Waals surface area (Å²) in [5.74, 6) is 0. The molecule has 0 heterocycles. The number of anilines is 1. The predicted molar refractivity (Wildman–Crippen MR) is 62.2 cm³/mol. The molecule has 3 heteroatoms. The number of rotatable bonds is 6. The van der Waals surface area contributed by atoms with Crippen LogP contribution in [-0.2, 0) is 6.42 Å². The Bertz CT molecular complexity index is 283. The van der Waals surface area contributed by atoms with Crippen LogP contribution < -0.4 is 4.90 Å². The van der Waals surface area contributed by atoms with Crippen LogP contribution in [0.5, 0.6) is 0 Å². The van der Waals surface area contributed by atoms with Crippen LogP contribution in [0.15, 0.2) is 24.3 Å². The molecule has 0 radical (unpaired) electrons. The molecule has 15 heavy (non-hydrogen) atoms. The van der Waals surface area contributed by atoms with Gasteiger partial charge in [-0.05, 0) is 24.1 Å². The fraction of sp³-hybridized carbons (Fsp3) is 0.500. The number of hydrogen-bond donors (Lipinski definition) is 2. The highest BCUT2D eigenvalue weighted by molar-refractivity contribution is 5.48. The minimum absolute atomic E-state index is 0.107. The molecule has 2 N–H and O–H groups in total. The molecule has 0 spiro atoms. The van der Waals surface area contributed by atoms with E-state index in [-0.39, 0.29) is 13.2 Å². The Balaban J connectivity index is 2.79. The molecule has 0 aliphatic carbocycles. The normalized spacial score (nSPS) is 10.3. The fourth-order valence-corrected chi connectivity index (χ4v) is 1.58. The Labute approximate surface area is 91.0 Å². The molecule has 0 aromatic heterocycles. The zero-order chi connectivity index (χ0) is 11.1. The highest BCUT2D eigenvalue weighted by Crippen LogP contribution is 2.16. The minimum atomic E-state index is 0.107. The maximum atomic E-state index is 8.93. The van der Waals surface area contributed by atoms with Gasteiger partial charge in [-0.3, -0.25) is 0 Å². The van der Waals surface area contributed by atoms with Crippen LogP contribution in [-0.4, -0.2) is 36.5 Å². The summed E-state index contributed by atoms with van der Waals surface area (Å²) in [7, 11) is 0. The fourth-order valence-electron chi connectivity index (χ4n) is 1.58. The molecule has 3 nitrogen and oxygen atoms in total. The number of aryl methyl sites for hydroxylation is 1. The van der Waals surface area contributed by atoms with E-state index in [1.54, 1.807) is 0 Å². The topological polar surface area (TPSA) is 43.7 Å². The summed E-state index contributed by atoms with van der Waals surface area (Å²) in [6, 6.07) is 8.20. The molecule has 0 unspecified atom stereocenters. The standard InChI is InChI=1S/C12H19NO2/c1-2-11-4-3-5-12(10-11)13(6-8-14)7-9-15/h3-5,10,14-15H,2,6-9H2,1H3. The first-order valence-electron chi connectivity index (χ1n) is 5.37. The van der Waals surface area contributed by atoms with E-state index in [1.807, 2.05) is 17.0 Å². The van der Waals surface area contributed by atoms with Crippen molar-refractivity contribution >= 4 is 5.69 Å². The van der Waals surface area contributed by atoms with Gasteiger partial charge in [-0.1, -0.05) is 19.1 Å². The Kier molecular flexibility index (Phi) is 5.15. The van der Waals surface area contributed by atoms with Crippen molar-refractivity contribution in [3.8, 4) is 0 Å². The Hall–Kier alpha value is -1.06. The summed E-state index contributed by atoms with van der Waals surface area (Å²) in [4.78, 5) is 1.99.